The van der Waals surface area contributed by atoms with Gasteiger partial charge in [-0.05, 0) is 50.5 Å². The molecule has 0 spiro atoms. The minimum atomic E-state index is -0.0535. The summed E-state index contributed by atoms with van der Waals surface area (Å²) >= 11 is 0. The van der Waals surface area contributed by atoms with Crippen molar-refractivity contribution in [2.45, 2.75) is 59.3 Å². The molecule has 1 aliphatic carbocycles. The molecule has 0 aromatic rings. The number of carbonyl (C=O) groups is 1. The lowest BCUT2D eigenvalue weighted by molar-refractivity contribution is -0.143. The number of ether oxygens (including phenoxy) is 1. The van der Waals surface area contributed by atoms with Crippen LogP contribution >= 0.6 is 0 Å². The van der Waals surface area contributed by atoms with Gasteiger partial charge in [0.05, 0.1) is 6.61 Å². The van der Waals surface area contributed by atoms with Gasteiger partial charge in [-0.15, -0.1) is 0 Å². The molecule has 0 aromatic heterocycles. The highest BCUT2D eigenvalue weighted by atomic mass is 16.5. The Balaban J connectivity index is 1.89. The number of unbranched alkanes of at least 4 members (excludes halogenated alkanes) is 2. The molecule has 3 heteroatoms. The highest BCUT2D eigenvalue weighted by molar-refractivity contribution is 5.69. The number of nitrogens with one attached hydrogen (secondary N) is 1. The van der Waals surface area contributed by atoms with Crippen LogP contribution in [0.15, 0.2) is 0 Å². The van der Waals surface area contributed by atoms with E-state index < -0.39 is 0 Å². The van der Waals surface area contributed by atoms with Gasteiger partial charge in [-0.1, -0.05) is 20.3 Å². The summed E-state index contributed by atoms with van der Waals surface area (Å²) in [5, 5.41) is 3.57. The van der Waals surface area contributed by atoms with E-state index in [0.717, 1.165) is 31.7 Å². The minimum absolute atomic E-state index is 0.0535. The summed E-state index contributed by atoms with van der Waals surface area (Å²) < 4.78 is 4.89. The van der Waals surface area contributed by atoms with Crippen LogP contribution in [-0.2, 0) is 9.53 Å². The van der Waals surface area contributed by atoms with Crippen LogP contribution in [0.2, 0.25) is 0 Å². The molecule has 1 rings (SSSR count). The van der Waals surface area contributed by atoms with E-state index in [1.54, 1.807) is 0 Å². The van der Waals surface area contributed by atoms with Gasteiger partial charge < -0.3 is 10.1 Å². The Morgan fingerprint density at radius 2 is 2.00 bits per heavy atom. The molecule has 0 aliphatic heterocycles. The number of hydrogen-bond acceptors (Lipinski definition) is 3. The fourth-order valence-corrected chi connectivity index (χ4v) is 2.39. The van der Waals surface area contributed by atoms with Gasteiger partial charge >= 0.3 is 5.97 Å². The molecular weight excluding hydrogens is 226 g/mol. The maximum absolute atomic E-state index is 11.1. The van der Waals surface area contributed by atoms with E-state index in [1.807, 2.05) is 6.92 Å². The third-order valence-corrected chi connectivity index (χ3v) is 4.13. The van der Waals surface area contributed by atoms with E-state index >= 15 is 0 Å². The van der Waals surface area contributed by atoms with E-state index in [1.165, 1.54) is 19.4 Å². The zero-order chi connectivity index (χ0) is 13.4. The smallest absolute Gasteiger partial charge is 0.305 e. The van der Waals surface area contributed by atoms with Crippen molar-refractivity contribution < 1.29 is 9.53 Å². The van der Waals surface area contributed by atoms with Crippen LogP contribution in [-0.4, -0.2) is 25.7 Å². The van der Waals surface area contributed by atoms with Gasteiger partial charge in [0.25, 0.3) is 0 Å². The molecule has 1 saturated carbocycles. The van der Waals surface area contributed by atoms with Crippen LogP contribution in [0.3, 0.4) is 0 Å². The molecule has 106 valence electrons. The quantitative estimate of drug-likeness (QED) is 0.481. The van der Waals surface area contributed by atoms with Gasteiger partial charge in [0.15, 0.2) is 0 Å². The minimum Gasteiger partial charge on any atom is -0.466 e. The maximum atomic E-state index is 11.1. The fourth-order valence-electron chi connectivity index (χ4n) is 2.39. The van der Waals surface area contributed by atoms with E-state index in [-0.39, 0.29) is 5.97 Å². The van der Waals surface area contributed by atoms with Crippen molar-refractivity contribution in [3.63, 3.8) is 0 Å². The number of carbonyl (C=O) groups excluding carboxylic acids is 1. The van der Waals surface area contributed by atoms with Crippen LogP contribution in [0.25, 0.3) is 0 Å². The van der Waals surface area contributed by atoms with Gasteiger partial charge in [0, 0.05) is 13.0 Å². The first kappa shape index (κ1) is 15.5. The maximum Gasteiger partial charge on any atom is 0.305 e. The third kappa shape index (κ3) is 5.38. The molecule has 0 radical (unpaired) electrons. The summed E-state index contributed by atoms with van der Waals surface area (Å²) in [6, 6.07) is 0. The second-order valence-electron chi connectivity index (χ2n) is 5.81. The molecule has 1 aliphatic rings. The Kier molecular flexibility index (Phi) is 6.69. The van der Waals surface area contributed by atoms with Crippen LogP contribution in [0, 0.1) is 11.3 Å². The van der Waals surface area contributed by atoms with Crippen molar-refractivity contribution in [1.29, 1.82) is 0 Å². The van der Waals surface area contributed by atoms with E-state index in [2.05, 4.69) is 19.2 Å². The fraction of sp³-hybridized carbons (Fsp3) is 0.933. The lowest BCUT2D eigenvalue weighted by atomic mass is 9.92. The van der Waals surface area contributed by atoms with Crippen molar-refractivity contribution in [2.75, 3.05) is 19.7 Å². The van der Waals surface area contributed by atoms with Crippen molar-refractivity contribution in [1.82, 2.24) is 5.32 Å². The number of hydrogen-bond donors (Lipinski definition) is 1. The highest BCUT2D eigenvalue weighted by Crippen LogP contribution is 2.51. The van der Waals surface area contributed by atoms with Crippen LogP contribution in [0.1, 0.15) is 59.3 Å². The van der Waals surface area contributed by atoms with Gasteiger partial charge in [-0.3, -0.25) is 4.79 Å². The van der Waals surface area contributed by atoms with Crippen LogP contribution < -0.4 is 5.32 Å². The summed E-state index contributed by atoms with van der Waals surface area (Å²) in [7, 11) is 0. The Bertz CT molecular complexity index is 247. The third-order valence-electron chi connectivity index (χ3n) is 4.13. The summed E-state index contributed by atoms with van der Waals surface area (Å²) in [6.45, 7) is 9.25. The molecule has 0 aromatic carbocycles. The van der Waals surface area contributed by atoms with Gasteiger partial charge in [0.1, 0.15) is 0 Å². The zero-order valence-corrected chi connectivity index (χ0v) is 12.3. The van der Waals surface area contributed by atoms with E-state index in [9.17, 15) is 4.79 Å². The van der Waals surface area contributed by atoms with Crippen molar-refractivity contribution >= 4 is 5.97 Å². The van der Waals surface area contributed by atoms with Crippen molar-refractivity contribution in [3.05, 3.63) is 0 Å². The largest absolute Gasteiger partial charge is 0.466 e. The SMILES string of the molecule is CCOC(=O)CCCCCNCC1(C(C)C)CC1. The summed E-state index contributed by atoms with van der Waals surface area (Å²) in [5.41, 5.74) is 0.602. The first-order valence-electron chi connectivity index (χ1n) is 7.47. The average Bonchev–Trinajstić information content (AvgIpc) is 3.09. The Morgan fingerprint density at radius 1 is 1.28 bits per heavy atom. The Hall–Kier alpha value is -0.570. The normalized spacial score (nSPS) is 16.9. The summed E-state index contributed by atoms with van der Waals surface area (Å²) in [5.74, 6) is 0.746. The molecule has 0 heterocycles. The molecule has 1 N–H and O–H groups in total. The highest BCUT2D eigenvalue weighted by Gasteiger charge is 2.44. The molecule has 0 saturated heterocycles. The molecule has 0 atom stereocenters. The standard InChI is InChI=1S/C15H29NO2/c1-4-18-14(17)8-6-5-7-11-16-12-15(9-10-15)13(2)3/h13,16H,4-12H2,1-3H3. The Labute approximate surface area is 112 Å². The van der Waals surface area contributed by atoms with Gasteiger partial charge in [-0.25, -0.2) is 0 Å². The summed E-state index contributed by atoms with van der Waals surface area (Å²) in [4.78, 5) is 11.1. The van der Waals surface area contributed by atoms with Crippen LogP contribution in [0.4, 0.5) is 0 Å². The number of rotatable bonds is 10. The Morgan fingerprint density at radius 3 is 2.56 bits per heavy atom. The first-order chi connectivity index (χ1) is 8.60. The molecule has 0 bridgehead atoms. The lowest BCUT2D eigenvalue weighted by Crippen LogP contribution is -2.28. The predicted molar refractivity (Wildman–Crippen MR) is 74.5 cm³/mol. The van der Waals surface area contributed by atoms with E-state index in [0.29, 0.717) is 18.4 Å². The first-order valence-corrected chi connectivity index (χ1v) is 7.47. The number of esters is 1. The average molecular weight is 255 g/mol. The van der Waals surface area contributed by atoms with Gasteiger partial charge in [0.2, 0.25) is 0 Å². The van der Waals surface area contributed by atoms with E-state index in [4.69, 9.17) is 4.74 Å². The van der Waals surface area contributed by atoms with Crippen molar-refractivity contribution in [3.8, 4) is 0 Å². The van der Waals surface area contributed by atoms with Crippen molar-refractivity contribution in [2.24, 2.45) is 11.3 Å². The second kappa shape index (κ2) is 7.78. The van der Waals surface area contributed by atoms with Gasteiger partial charge in [-0.2, -0.15) is 0 Å². The summed E-state index contributed by atoms with van der Waals surface area (Å²) in [6.07, 6.45) is 6.58. The molecule has 0 amide bonds. The monoisotopic (exact) mass is 255 g/mol. The lowest BCUT2D eigenvalue weighted by Gasteiger charge is -2.20. The van der Waals surface area contributed by atoms with Crippen LogP contribution in [0.5, 0.6) is 0 Å². The molecule has 18 heavy (non-hydrogen) atoms. The zero-order valence-electron chi connectivity index (χ0n) is 12.3. The molecule has 3 nitrogen and oxygen atoms in total. The topological polar surface area (TPSA) is 38.3 Å². The molecular formula is C15H29NO2. The second-order valence-corrected chi connectivity index (χ2v) is 5.81. The molecule has 1 fully saturated rings. The predicted octanol–water partition coefficient (Wildman–Crippen LogP) is 3.14. The molecule has 0 unspecified atom stereocenters.